The molecule has 2 aromatic heterocycles. The Labute approximate surface area is 152 Å². The molecule has 130 valence electrons. The molecule has 3 aromatic rings. The first-order valence-electron chi connectivity index (χ1n) is 8.94. The van der Waals surface area contributed by atoms with Gasteiger partial charge in [-0.3, -0.25) is 4.79 Å². The number of carbonyl (C=O) groups is 1. The second kappa shape index (κ2) is 6.64. The van der Waals surface area contributed by atoms with E-state index in [9.17, 15) is 4.79 Å². The third-order valence-corrected chi connectivity index (χ3v) is 6.14. The molecular weight excluding hydrogens is 330 g/mol. The summed E-state index contributed by atoms with van der Waals surface area (Å²) in [6, 6.07) is 10.6. The summed E-state index contributed by atoms with van der Waals surface area (Å²) in [4.78, 5) is 20.3. The van der Waals surface area contributed by atoms with Crippen molar-refractivity contribution in [2.24, 2.45) is 0 Å². The lowest BCUT2D eigenvalue weighted by molar-refractivity contribution is 0.0715. The van der Waals surface area contributed by atoms with E-state index in [1.54, 1.807) is 11.3 Å². The van der Waals surface area contributed by atoms with Gasteiger partial charge < -0.3 is 9.47 Å². The summed E-state index contributed by atoms with van der Waals surface area (Å²) in [6.45, 7) is 5.99. The van der Waals surface area contributed by atoms with Crippen LogP contribution in [0.15, 0.2) is 42.7 Å². The Morgan fingerprint density at radius 3 is 2.72 bits per heavy atom. The molecule has 1 aliphatic rings. The molecule has 25 heavy (non-hydrogen) atoms. The number of carbonyl (C=O) groups excluding carboxylic acids is 1. The predicted molar refractivity (Wildman–Crippen MR) is 102 cm³/mol. The molecule has 0 spiro atoms. The molecule has 1 aliphatic heterocycles. The molecule has 0 atom stereocenters. The normalized spacial score (nSPS) is 16.0. The van der Waals surface area contributed by atoms with Gasteiger partial charge in [0, 0.05) is 42.1 Å². The van der Waals surface area contributed by atoms with Crippen LogP contribution in [-0.2, 0) is 0 Å². The van der Waals surface area contributed by atoms with Crippen LogP contribution >= 0.6 is 11.3 Å². The smallest absolute Gasteiger partial charge is 0.263 e. The third kappa shape index (κ3) is 3.09. The molecule has 0 aliphatic carbocycles. The number of likely N-dealkylation sites (tertiary alicyclic amines) is 1. The maximum atomic E-state index is 12.9. The van der Waals surface area contributed by atoms with Crippen molar-refractivity contribution < 1.29 is 4.79 Å². The van der Waals surface area contributed by atoms with Crippen molar-refractivity contribution in [1.29, 1.82) is 0 Å². The minimum atomic E-state index is 0.173. The first-order chi connectivity index (χ1) is 12.1. The van der Waals surface area contributed by atoms with Crippen LogP contribution in [0.1, 0.15) is 54.1 Å². The van der Waals surface area contributed by atoms with E-state index in [-0.39, 0.29) is 5.91 Å². The molecular formula is C20H23N3OS. The molecule has 0 unspecified atom stereocenters. The van der Waals surface area contributed by atoms with E-state index in [0.717, 1.165) is 36.2 Å². The molecule has 1 fully saturated rings. The molecule has 1 amide bonds. The molecule has 0 bridgehead atoms. The average molecular weight is 353 g/mol. The van der Waals surface area contributed by atoms with E-state index < -0.39 is 0 Å². The minimum absolute atomic E-state index is 0.173. The number of hydrogen-bond donors (Lipinski definition) is 0. The van der Waals surface area contributed by atoms with Crippen molar-refractivity contribution in [2.45, 2.75) is 38.6 Å². The van der Waals surface area contributed by atoms with Crippen molar-refractivity contribution in [3.63, 3.8) is 0 Å². The van der Waals surface area contributed by atoms with Gasteiger partial charge in [0.1, 0.15) is 5.82 Å². The fraction of sp³-hybridized carbons (Fsp3) is 0.400. The summed E-state index contributed by atoms with van der Waals surface area (Å²) < 4.78 is 3.44. The fourth-order valence-corrected chi connectivity index (χ4v) is 4.69. The summed E-state index contributed by atoms with van der Waals surface area (Å²) in [5.41, 5.74) is 0. The van der Waals surface area contributed by atoms with Crippen molar-refractivity contribution in [1.82, 2.24) is 14.5 Å². The number of fused-ring (bicyclic) bond motifs is 1. The standard InChI is InChI=1S/C20H23N3OS/c1-14(2)23-12-9-21-19(23)15-7-10-22(11-8-15)20(24)18-13-16-5-3-4-6-17(16)25-18/h3-6,9,12-15H,7-8,10-11H2,1-2H3. The quantitative estimate of drug-likeness (QED) is 0.684. The van der Waals surface area contributed by atoms with Crippen molar-refractivity contribution in [3.8, 4) is 0 Å². The van der Waals surface area contributed by atoms with Crippen molar-refractivity contribution in [3.05, 3.63) is 53.4 Å². The maximum Gasteiger partial charge on any atom is 0.263 e. The van der Waals surface area contributed by atoms with Gasteiger partial charge in [-0.2, -0.15) is 0 Å². The number of amides is 1. The Morgan fingerprint density at radius 1 is 1.24 bits per heavy atom. The third-order valence-electron chi connectivity index (χ3n) is 5.04. The average Bonchev–Trinajstić information content (AvgIpc) is 3.28. The summed E-state index contributed by atoms with van der Waals surface area (Å²) in [5.74, 6) is 1.79. The number of hydrogen-bond acceptors (Lipinski definition) is 3. The molecule has 3 heterocycles. The van der Waals surface area contributed by atoms with Gasteiger partial charge in [-0.25, -0.2) is 4.98 Å². The van der Waals surface area contributed by atoms with Crippen molar-refractivity contribution >= 4 is 27.3 Å². The van der Waals surface area contributed by atoms with Crippen LogP contribution in [0.4, 0.5) is 0 Å². The molecule has 0 radical (unpaired) electrons. The van der Waals surface area contributed by atoms with Crippen LogP contribution in [-0.4, -0.2) is 33.4 Å². The zero-order valence-corrected chi connectivity index (χ0v) is 15.5. The second-order valence-corrected chi connectivity index (χ2v) is 8.09. The Bertz CT molecular complexity index is 854. The highest BCUT2D eigenvalue weighted by Crippen LogP contribution is 2.31. The molecule has 0 saturated carbocycles. The lowest BCUT2D eigenvalue weighted by atomic mass is 9.95. The highest BCUT2D eigenvalue weighted by atomic mass is 32.1. The first-order valence-corrected chi connectivity index (χ1v) is 9.75. The van der Waals surface area contributed by atoms with Crippen LogP contribution in [0.3, 0.4) is 0 Å². The van der Waals surface area contributed by atoms with E-state index >= 15 is 0 Å². The van der Waals surface area contributed by atoms with Gasteiger partial charge in [-0.15, -0.1) is 11.3 Å². The number of nitrogens with zero attached hydrogens (tertiary/aromatic N) is 3. The van der Waals surface area contributed by atoms with Crippen LogP contribution in [0.5, 0.6) is 0 Å². The summed E-state index contributed by atoms with van der Waals surface area (Å²) >= 11 is 1.60. The number of piperidine rings is 1. The lowest BCUT2D eigenvalue weighted by Gasteiger charge is -2.32. The monoisotopic (exact) mass is 353 g/mol. The van der Waals surface area contributed by atoms with Crippen LogP contribution < -0.4 is 0 Å². The van der Waals surface area contributed by atoms with Gasteiger partial charge in [0.15, 0.2) is 0 Å². The number of imidazole rings is 1. The molecule has 4 nitrogen and oxygen atoms in total. The van der Waals surface area contributed by atoms with E-state index in [2.05, 4.69) is 41.7 Å². The van der Waals surface area contributed by atoms with Gasteiger partial charge in [0.25, 0.3) is 5.91 Å². The van der Waals surface area contributed by atoms with Crippen LogP contribution in [0.25, 0.3) is 10.1 Å². The molecule has 5 heteroatoms. The lowest BCUT2D eigenvalue weighted by Crippen LogP contribution is -2.38. The Morgan fingerprint density at radius 2 is 2.00 bits per heavy atom. The topological polar surface area (TPSA) is 38.1 Å². The number of aromatic nitrogens is 2. The molecule has 0 N–H and O–H groups in total. The maximum absolute atomic E-state index is 12.9. The number of rotatable bonds is 3. The largest absolute Gasteiger partial charge is 0.338 e. The Hall–Kier alpha value is -2.14. The van der Waals surface area contributed by atoms with Gasteiger partial charge in [0.2, 0.25) is 0 Å². The van der Waals surface area contributed by atoms with Gasteiger partial charge in [-0.05, 0) is 44.2 Å². The van der Waals surface area contributed by atoms with E-state index in [1.807, 2.05) is 29.3 Å². The van der Waals surface area contributed by atoms with Gasteiger partial charge in [-0.1, -0.05) is 18.2 Å². The SMILES string of the molecule is CC(C)n1ccnc1C1CCN(C(=O)c2cc3ccccc3s2)CC1. The Kier molecular flexibility index (Phi) is 4.34. The Balaban J connectivity index is 1.46. The van der Waals surface area contributed by atoms with Gasteiger partial charge >= 0.3 is 0 Å². The molecule has 1 aromatic carbocycles. The predicted octanol–water partition coefficient (Wildman–Crippen LogP) is 4.70. The van der Waals surface area contributed by atoms with E-state index in [0.29, 0.717) is 12.0 Å². The first kappa shape index (κ1) is 16.3. The van der Waals surface area contributed by atoms with E-state index in [1.165, 1.54) is 10.5 Å². The second-order valence-electron chi connectivity index (χ2n) is 7.00. The highest BCUT2D eigenvalue weighted by Gasteiger charge is 2.28. The summed E-state index contributed by atoms with van der Waals surface area (Å²) in [6.07, 6.45) is 5.93. The van der Waals surface area contributed by atoms with Crippen molar-refractivity contribution in [2.75, 3.05) is 13.1 Å². The highest BCUT2D eigenvalue weighted by molar-refractivity contribution is 7.20. The minimum Gasteiger partial charge on any atom is -0.338 e. The summed E-state index contributed by atoms with van der Waals surface area (Å²) in [7, 11) is 0. The van der Waals surface area contributed by atoms with Crippen LogP contribution in [0.2, 0.25) is 0 Å². The van der Waals surface area contributed by atoms with E-state index in [4.69, 9.17) is 0 Å². The number of benzene rings is 1. The van der Waals surface area contributed by atoms with Gasteiger partial charge in [0.05, 0.1) is 4.88 Å². The molecule has 4 rings (SSSR count). The summed E-state index contributed by atoms with van der Waals surface area (Å²) in [5, 5.41) is 1.16. The molecule has 1 saturated heterocycles. The zero-order chi connectivity index (χ0) is 17.4. The van der Waals surface area contributed by atoms with Crippen LogP contribution in [0, 0.1) is 0 Å². The zero-order valence-electron chi connectivity index (χ0n) is 14.7. The fourth-order valence-electron chi connectivity index (χ4n) is 3.66. The number of thiophene rings is 1.